The maximum atomic E-state index is 9.82. The average molecular weight is 113 g/mol. The molecule has 0 atom stereocenters. The van der Waals surface area contributed by atoms with Crippen LogP contribution in [0.1, 0.15) is 20.3 Å². The second-order valence-corrected chi connectivity index (χ2v) is 1.68. The van der Waals surface area contributed by atoms with Gasteiger partial charge < -0.3 is 0 Å². The fourth-order valence-corrected chi connectivity index (χ4v) is 0.330. The minimum absolute atomic E-state index is 0.0521. The van der Waals surface area contributed by atoms with Crippen LogP contribution < -0.4 is 0 Å². The van der Waals surface area contributed by atoms with Crippen LogP contribution in [0.2, 0.25) is 0 Å². The Hall–Kier alpha value is -0.790. The lowest BCUT2D eigenvalue weighted by Crippen LogP contribution is -1.91. The van der Waals surface area contributed by atoms with Crippen molar-refractivity contribution in [1.29, 1.82) is 0 Å². The van der Waals surface area contributed by atoms with Gasteiger partial charge in [-0.3, -0.25) is 0 Å². The van der Waals surface area contributed by atoms with Gasteiger partial charge in [-0.2, -0.15) is 0 Å². The second-order valence-electron chi connectivity index (χ2n) is 1.68. The van der Waals surface area contributed by atoms with Crippen molar-refractivity contribution in [2.75, 3.05) is 0 Å². The average Bonchev–Trinajstić information content (AvgIpc) is 1.65. The number of rotatable bonds is 2. The number of allylic oxidation sites excluding steroid dienone is 1. The second kappa shape index (κ2) is 3.24. The Morgan fingerprint density at radius 3 is 2.25 bits per heavy atom. The highest BCUT2D eigenvalue weighted by atomic mass is 16.4. The standard InChI is InChI=1S/C6H9O2/c1-3-5(2)4-6(7)8/h3H,4H2,1-2H3/b5-3+. The molecular weight excluding hydrogens is 104 g/mol. The Balaban J connectivity index is 3.56. The molecule has 0 rings (SSSR count). The Kier molecular flexibility index (Phi) is 2.92. The first-order valence-electron chi connectivity index (χ1n) is 2.48. The zero-order chi connectivity index (χ0) is 6.57. The van der Waals surface area contributed by atoms with Gasteiger partial charge in [0.15, 0.2) is 0 Å². The van der Waals surface area contributed by atoms with Crippen molar-refractivity contribution in [3.05, 3.63) is 11.6 Å². The molecule has 0 fully saturated rings. The van der Waals surface area contributed by atoms with Crippen LogP contribution in [0.4, 0.5) is 0 Å². The molecule has 2 heteroatoms. The number of carbonyl (C=O) groups is 1. The lowest BCUT2D eigenvalue weighted by atomic mass is 10.2. The fourth-order valence-electron chi connectivity index (χ4n) is 0.330. The largest absolute Gasteiger partial charge is 0.359 e. The van der Waals surface area contributed by atoms with Crippen LogP contribution in [0.15, 0.2) is 11.6 Å². The molecule has 0 aliphatic rings. The highest BCUT2D eigenvalue weighted by molar-refractivity contribution is 5.69. The SMILES string of the molecule is C/C=C(\C)CC([O])=O. The quantitative estimate of drug-likeness (QED) is 0.497. The molecule has 0 saturated carbocycles. The van der Waals surface area contributed by atoms with E-state index in [0.717, 1.165) is 5.57 Å². The summed E-state index contributed by atoms with van der Waals surface area (Å²) >= 11 is 0. The van der Waals surface area contributed by atoms with Gasteiger partial charge in [0.1, 0.15) is 0 Å². The molecular formula is C6H9O2. The third-order valence-corrected chi connectivity index (χ3v) is 0.916. The molecule has 2 nitrogen and oxygen atoms in total. The summed E-state index contributed by atoms with van der Waals surface area (Å²) in [4.78, 5) is 9.82. The maximum absolute atomic E-state index is 9.82. The van der Waals surface area contributed by atoms with Crippen LogP contribution in [0.3, 0.4) is 0 Å². The molecule has 0 bridgehead atoms. The minimum atomic E-state index is -1.01. The summed E-state index contributed by atoms with van der Waals surface area (Å²) in [6, 6.07) is 0. The smallest absolute Gasteiger partial charge is 0.247 e. The van der Waals surface area contributed by atoms with Gasteiger partial charge in [-0.25, -0.2) is 9.90 Å². The predicted molar refractivity (Wildman–Crippen MR) is 29.7 cm³/mol. The summed E-state index contributed by atoms with van der Waals surface area (Å²) in [6.45, 7) is 3.56. The summed E-state index contributed by atoms with van der Waals surface area (Å²) in [5.41, 5.74) is 0.838. The van der Waals surface area contributed by atoms with Crippen LogP contribution in [-0.4, -0.2) is 5.97 Å². The van der Waals surface area contributed by atoms with E-state index in [9.17, 15) is 9.90 Å². The Morgan fingerprint density at radius 1 is 1.62 bits per heavy atom. The van der Waals surface area contributed by atoms with Crippen molar-refractivity contribution < 1.29 is 9.90 Å². The van der Waals surface area contributed by atoms with Gasteiger partial charge in [0.05, 0.1) is 6.42 Å². The van der Waals surface area contributed by atoms with Crippen LogP contribution in [-0.2, 0) is 9.90 Å². The van der Waals surface area contributed by atoms with Gasteiger partial charge in [0.25, 0.3) is 0 Å². The number of carbonyl (C=O) groups excluding carboxylic acids is 1. The van der Waals surface area contributed by atoms with Gasteiger partial charge in [0.2, 0.25) is 0 Å². The molecule has 45 valence electrons. The predicted octanol–water partition coefficient (Wildman–Crippen LogP) is 1.30. The monoisotopic (exact) mass is 113 g/mol. The Morgan fingerprint density at radius 2 is 2.12 bits per heavy atom. The highest BCUT2D eigenvalue weighted by Crippen LogP contribution is 1.97. The number of hydrogen-bond acceptors (Lipinski definition) is 1. The third-order valence-electron chi connectivity index (χ3n) is 0.916. The maximum Gasteiger partial charge on any atom is 0.359 e. The lowest BCUT2D eigenvalue weighted by molar-refractivity contribution is -0.142. The molecule has 0 N–H and O–H groups in total. The van der Waals surface area contributed by atoms with Gasteiger partial charge in [-0.05, 0) is 13.8 Å². The van der Waals surface area contributed by atoms with E-state index in [1.807, 2.05) is 0 Å². The van der Waals surface area contributed by atoms with Crippen LogP contribution >= 0.6 is 0 Å². The molecule has 0 aliphatic heterocycles. The zero-order valence-electron chi connectivity index (χ0n) is 5.10. The minimum Gasteiger partial charge on any atom is -0.247 e. The van der Waals surface area contributed by atoms with E-state index in [4.69, 9.17) is 0 Å². The van der Waals surface area contributed by atoms with E-state index >= 15 is 0 Å². The zero-order valence-corrected chi connectivity index (χ0v) is 5.10. The van der Waals surface area contributed by atoms with E-state index in [1.165, 1.54) is 0 Å². The molecule has 0 heterocycles. The van der Waals surface area contributed by atoms with E-state index in [-0.39, 0.29) is 6.42 Å². The first-order valence-corrected chi connectivity index (χ1v) is 2.48. The fraction of sp³-hybridized carbons (Fsp3) is 0.500. The highest BCUT2D eigenvalue weighted by Gasteiger charge is 1.97. The summed E-state index contributed by atoms with van der Waals surface area (Å²) in [5.74, 6) is -1.01. The van der Waals surface area contributed by atoms with Crippen molar-refractivity contribution in [1.82, 2.24) is 0 Å². The molecule has 0 aromatic rings. The first-order chi connectivity index (χ1) is 3.66. The van der Waals surface area contributed by atoms with Crippen molar-refractivity contribution in [2.45, 2.75) is 20.3 Å². The molecule has 0 aromatic carbocycles. The van der Waals surface area contributed by atoms with Gasteiger partial charge >= 0.3 is 5.97 Å². The van der Waals surface area contributed by atoms with Crippen molar-refractivity contribution >= 4 is 5.97 Å². The van der Waals surface area contributed by atoms with E-state index in [2.05, 4.69) is 0 Å². The molecule has 8 heavy (non-hydrogen) atoms. The van der Waals surface area contributed by atoms with E-state index in [1.54, 1.807) is 19.9 Å². The summed E-state index contributed by atoms with van der Waals surface area (Å²) in [5, 5.41) is 9.82. The topological polar surface area (TPSA) is 37.0 Å². The Labute approximate surface area is 48.8 Å². The van der Waals surface area contributed by atoms with Crippen molar-refractivity contribution in [3.63, 3.8) is 0 Å². The number of hydrogen-bond donors (Lipinski definition) is 0. The molecule has 0 spiro atoms. The van der Waals surface area contributed by atoms with Gasteiger partial charge in [0, 0.05) is 0 Å². The van der Waals surface area contributed by atoms with Crippen molar-refractivity contribution in [2.24, 2.45) is 0 Å². The molecule has 0 amide bonds. The van der Waals surface area contributed by atoms with Crippen molar-refractivity contribution in [3.8, 4) is 0 Å². The van der Waals surface area contributed by atoms with Crippen LogP contribution in [0.5, 0.6) is 0 Å². The summed E-state index contributed by atoms with van der Waals surface area (Å²) in [6.07, 6.45) is 1.81. The third kappa shape index (κ3) is 3.40. The van der Waals surface area contributed by atoms with Crippen LogP contribution in [0.25, 0.3) is 0 Å². The molecule has 0 unspecified atom stereocenters. The molecule has 0 saturated heterocycles. The normalized spacial score (nSPS) is 11.5. The van der Waals surface area contributed by atoms with Crippen LogP contribution in [0, 0.1) is 0 Å². The molecule has 1 radical (unpaired) electrons. The van der Waals surface area contributed by atoms with E-state index < -0.39 is 5.97 Å². The summed E-state index contributed by atoms with van der Waals surface area (Å²) < 4.78 is 0. The van der Waals surface area contributed by atoms with Gasteiger partial charge in [-0.15, -0.1) is 0 Å². The summed E-state index contributed by atoms with van der Waals surface area (Å²) in [7, 11) is 0. The van der Waals surface area contributed by atoms with Gasteiger partial charge in [-0.1, -0.05) is 11.6 Å². The molecule has 0 aliphatic carbocycles. The Bertz CT molecular complexity index is 114. The van der Waals surface area contributed by atoms with E-state index in [0.29, 0.717) is 0 Å². The first kappa shape index (κ1) is 7.21. The lowest BCUT2D eigenvalue weighted by Gasteiger charge is -1.87. The molecule has 0 aromatic heterocycles.